The number of likely N-dealkylation sites (tertiary alicyclic amines) is 1. The lowest BCUT2D eigenvalue weighted by Gasteiger charge is -2.32. The average molecular weight is 304 g/mol. The lowest BCUT2D eigenvalue weighted by molar-refractivity contribution is 0.164. The predicted molar refractivity (Wildman–Crippen MR) is 84.3 cm³/mol. The minimum atomic E-state index is 0.0684. The molecule has 120 valence electrons. The summed E-state index contributed by atoms with van der Waals surface area (Å²) in [7, 11) is 0. The SMILES string of the molecule is CCC1CCCN(C(=O)NCCc2ccc3c(c2)OCO3)C1. The fourth-order valence-electron chi connectivity index (χ4n) is 3.10. The van der Waals surface area contributed by atoms with Gasteiger partial charge in [0.2, 0.25) is 6.79 Å². The van der Waals surface area contributed by atoms with Crippen molar-refractivity contribution in [1.29, 1.82) is 0 Å². The molecule has 1 aromatic carbocycles. The summed E-state index contributed by atoms with van der Waals surface area (Å²) in [5.74, 6) is 2.26. The molecule has 5 heteroatoms. The van der Waals surface area contributed by atoms with Crippen molar-refractivity contribution in [3.63, 3.8) is 0 Å². The zero-order chi connectivity index (χ0) is 15.4. The number of urea groups is 1. The summed E-state index contributed by atoms with van der Waals surface area (Å²) in [4.78, 5) is 14.2. The van der Waals surface area contributed by atoms with Crippen LogP contribution in [0.5, 0.6) is 11.5 Å². The molecule has 0 spiro atoms. The van der Waals surface area contributed by atoms with Crippen LogP contribution in [0.25, 0.3) is 0 Å². The Balaban J connectivity index is 1.45. The number of carbonyl (C=O) groups is 1. The molecule has 5 nitrogen and oxygen atoms in total. The van der Waals surface area contributed by atoms with Gasteiger partial charge in [0, 0.05) is 19.6 Å². The molecule has 2 heterocycles. The maximum atomic E-state index is 12.2. The minimum absolute atomic E-state index is 0.0684. The first-order valence-corrected chi connectivity index (χ1v) is 8.17. The first kappa shape index (κ1) is 15.0. The number of carbonyl (C=O) groups excluding carboxylic acids is 1. The number of hydrogen-bond acceptors (Lipinski definition) is 3. The Morgan fingerprint density at radius 3 is 3.09 bits per heavy atom. The third-order valence-electron chi connectivity index (χ3n) is 4.51. The maximum Gasteiger partial charge on any atom is 0.317 e. The molecule has 1 aromatic rings. The van der Waals surface area contributed by atoms with Crippen LogP contribution in [0.15, 0.2) is 18.2 Å². The third-order valence-corrected chi connectivity index (χ3v) is 4.51. The molecule has 2 amide bonds. The molecule has 0 radical (unpaired) electrons. The molecule has 0 saturated carbocycles. The van der Waals surface area contributed by atoms with Crippen LogP contribution in [0.2, 0.25) is 0 Å². The van der Waals surface area contributed by atoms with Crippen LogP contribution in [-0.4, -0.2) is 37.4 Å². The van der Waals surface area contributed by atoms with E-state index in [0.717, 1.165) is 49.4 Å². The Hall–Kier alpha value is -1.91. The van der Waals surface area contributed by atoms with Gasteiger partial charge < -0.3 is 19.7 Å². The zero-order valence-corrected chi connectivity index (χ0v) is 13.1. The highest BCUT2D eigenvalue weighted by Crippen LogP contribution is 2.32. The van der Waals surface area contributed by atoms with Gasteiger partial charge >= 0.3 is 6.03 Å². The summed E-state index contributed by atoms with van der Waals surface area (Å²) >= 11 is 0. The van der Waals surface area contributed by atoms with E-state index in [4.69, 9.17) is 9.47 Å². The van der Waals surface area contributed by atoms with Crippen LogP contribution in [0, 0.1) is 5.92 Å². The number of nitrogens with zero attached hydrogens (tertiary/aromatic N) is 1. The van der Waals surface area contributed by atoms with E-state index in [1.54, 1.807) is 0 Å². The van der Waals surface area contributed by atoms with E-state index in [9.17, 15) is 4.79 Å². The van der Waals surface area contributed by atoms with Gasteiger partial charge in [-0.3, -0.25) is 0 Å². The number of nitrogens with one attached hydrogen (secondary N) is 1. The Morgan fingerprint density at radius 1 is 1.36 bits per heavy atom. The molecule has 3 rings (SSSR count). The Labute approximate surface area is 131 Å². The van der Waals surface area contributed by atoms with E-state index in [1.807, 2.05) is 23.1 Å². The Kier molecular flexibility index (Phi) is 4.71. The molecule has 0 bridgehead atoms. The van der Waals surface area contributed by atoms with E-state index >= 15 is 0 Å². The van der Waals surface area contributed by atoms with Gasteiger partial charge in [0.15, 0.2) is 11.5 Å². The van der Waals surface area contributed by atoms with Crippen molar-refractivity contribution in [3.05, 3.63) is 23.8 Å². The Bertz CT molecular complexity index is 533. The quantitative estimate of drug-likeness (QED) is 0.930. The highest BCUT2D eigenvalue weighted by Gasteiger charge is 2.22. The second kappa shape index (κ2) is 6.90. The number of hydrogen-bond donors (Lipinski definition) is 1. The van der Waals surface area contributed by atoms with Gasteiger partial charge in [-0.1, -0.05) is 19.4 Å². The van der Waals surface area contributed by atoms with Crippen molar-refractivity contribution in [2.75, 3.05) is 26.4 Å². The van der Waals surface area contributed by atoms with Crippen molar-refractivity contribution in [2.24, 2.45) is 5.92 Å². The standard InChI is InChI=1S/C17H24N2O3/c1-2-13-4-3-9-19(11-13)17(20)18-8-7-14-5-6-15-16(10-14)22-12-21-15/h5-6,10,13H,2-4,7-9,11-12H2,1H3,(H,18,20). The lowest BCUT2D eigenvalue weighted by Crippen LogP contribution is -2.45. The monoisotopic (exact) mass is 304 g/mol. The minimum Gasteiger partial charge on any atom is -0.454 e. The largest absolute Gasteiger partial charge is 0.454 e. The smallest absolute Gasteiger partial charge is 0.317 e. The molecule has 2 aliphatic rings. The highest BCUT2D eigenvalue weighted by atomic mass is 16.7. The Morgan fingerprint density at radius 2 is 2.23 bits per heavy atom. The molecule has 22 heavy (non-hydrogen) atoms. The zero-order valence-electron chi connectivity index (χ0n) is 13.1. The molecule has 0 aromatic heterocycles. The van der Waals surface area contributed by atoms with Crippen molar-refractivity contribution in [3.8, 4) is 11.5 Å². The van der Waals surface area contributed by atoms with Crippen LogP contribution in [0.1, 0.15) is 31.7 Å². The summed E-state index contributed by atoms with van der Waals surface area (Å²) in [5.41, 5.74) is 1.15. The predicted octanol–water partition coefficient (Wildman–Crippen LogP) is 2.79. The van der Waals surface area contributed by atoms with Gasteiger partial charge in [0.25, 0.3) is 0 Å². The highest BCUT2D eigenvalue weighted by molar-refractivity contribution is 5.74. The molecule has 1 fully saturated rings. The summed E-state index contributed by atoms with van der Waals surface area (Å²) in [6.07, 6.45) is 4.32. The summed E-state index contributed by atoms with van der Waals surface area (Å²) in [6.45, 7) is 4.92. The van der Waals surface area contributed by atoms with Crippen LogP contribution in [0.4, 0.5) is 4.79 Å². The summed E-state index contributed by atoms with van der Waals surface area (Å²) in [5, 5.41) is 3.03. The second-order valence-electron chi connectivity index (χ2n) is 6.03. The van der Waals surface area contributed by atoms with E-state index in [0.29, 0.717) is 19.3 Å². The summed E-state index contributed by atoms with van der Waals surface area (Å²) < 4.78 is 10.7. The molecule has 2 aliphatic heterocycles. The molecule has 1 saturated heterocycles. The number of ether oxygens (including phenoxy) is 2. The number of amides is 2. The van der Waals surface area contributed by atoms with Crippen LogP contribution >= 0.6 is 0 Å². The van der Waals surface area contributed by atoms with Gasteiger partial charge in [-0.15, -0.1) is 0 Å². The van der Waals surface area contributed by atoms with Crippen LogP contribution in [-0.2, 0) is 6.42 Å². The number of fused-ring (bicyclic) bond motifs is 1. The first-order valence-electron chi connectivity index (χ1n) is 8.17. The fourth-order valence-corrected chi connectivity index (χ4v) is 3.10. The van der Waals surface area contributed by atoms with E-state index in [-0.39, 0.29) is 6.03 Å². The van der Waals surface area contributed by atoms with E-state index in [2.05, 4.69) is 12.2 Å². The van der Waals surface area contributed by atoms with Gasteiger partial charge in [-0.25, -0.2) is 4.79 Å². The van der Waals surface area contributed by atoms with E-state index in [1.165, 1.54) is 6.42 Å². The topological polar surface area (TPSA) is 50.8 Å². The molecule has 1 N–H and O–H groups in total. The van der Waals surface area contributed by atoms with Gasteiger partial charge in [-0.05, 0) is 42.9 Å². The van der Waals surface area contributed by atoms with Gasteiger partial charge in [-0.2, -0.15) is 0 Å². The maximum absolute atomic E-state index is 12.2. The normalized spacial score (nSPS) is 20.0. The van der Waals surface area contributed by atoms with Crippen LogP contribution < -0.4 is 14.8 Å². The number of benzene rings is 1. The third kappa shape index (κ3) is 3.46. The van der Waals surface area contributed by atoms with Crippen LogP contribution in [0.3, 0.4) is 0 Å². The van der Waals surface area contributed by atoms with Crippen molar-refractivity contribution in [1.82, 2.24) is 10.2 Å². The molecule has 0 aliphatic carbocycles. The molecular weight excluding hydrogens is 280 g/mol. The molecule has 1 unspecified atom stereocenters. The van der Waals surface area contributed by atoms with Crippen molar-refractivity contribution >= 4 is 6.03 Å². The van der Waals surface area contributed by atoms with Crippen molar-refractivity contribution < 1.29 is 14.3 Å². The molecule has 1 atom stereocenters. The van der Waals surface area contributed by atoms with E-state index < -0.39 is 0 Å². The molecular formula is C17H24N2O3. The van der Waals surface area contributed by atoms with Crippen molar-refractivity contribution in [2.45, 2.75) is 32.6 Å². The van der Waals surface area contributed by atoms with Gasteiger partial charge in [0.05, 0.1) is 0 Å². The number of piperidine rings is 1. The fraction of sp³-hybridized carbons (Fsp3) is 0.588. The number of rotatable bonds is 4. The van der Waals surface area contributed by atoms with Gasteiger partial charge in [0.1, 0.15) is 0 Å². The average Bonchev–Trinajstić information content (AvgIpc) is 3.02. The first-order chi connectivity index (χ1) is 10.8. The second-order valence-corrected chi connectivity index (χ2v) is 6.03. The lowest BCUT2D eigenvalue weighted by atomic mass is 9.96. The summed E-state index contributed by atoms with van der Waals surface area (Å²) in [6, 6.07) is 6.01.